The highest BCUT2D eigenvalue weighted by Gasteiger charge is 2.34. The molecule has 2 amide bonds. The first kappa shape index (κ1) is 7.94. The van der Waals surface area contributed by atoms with Gasteiger partial charge >= 0.3 is 0 Å². The maximum absolute atomic E-state index is 11.4. The highest BCUT2D eigenvalue weighted by atomic mass is 16.3. The number of rotatable bonds is 1. The van der Waals surface area contributed by atoms with Crippen LogP contribution in [0.3, 0.4) is 0 Å². The van der Waals surface area contributed by atoms with E-state index < -0.39 is 11.8 Å². The van der Waals surface area contributed by atoms with E-state index in [9.17, 15) is 9.59 Å². The van der Waals surface area contributed by atoms with E-state index in [1.807, 2.05) is 0 Å². The molecule has 0 atom stereocenters. The number of hydrogen-bond donors (Lipinski definition) is 1. The minimum Gasteiger partial charge on any atom is -0.369 e. The Kier molecular flexibility index (Phi) is 1.63. The summed E-state index contributed by atoms with van der Waals surface area (Å²) in [7, 11) is 0. The van der Waals surface area contributed by atoms with Gasteiger partial charge in [0.05, 0.1) is 11.1 Å². The van der Waals surface area contributed by atoms with Crippen molar-refractivity contribution in [2.45, 2.75) is 0 Å². The Balaban J connectivity index is 2.57. The molecular weight excluding hydrogens is 170 g/mol. The van der Waals surface area contributed by atoms with E-state index in [1.54, 1.807) is 24.3 Å². The van der Waals surface area contributed by atoms with Gasteiger partial charge in [0.15, 0.2) is 6.73 Å². The number of aliphatic hydroxyl groups excluding tert-OH is 1. The first-order valence-corrected chi connectivity index (χ1v) is 3.70. The van der Waals surface area contributed by atoms with Crippen LogP contribution in [0, 0.1) is 6.73 Å². The number of carbonyl (C=O) groups is 2. The Morgan fingerprint density at radius 1 is 1.08 bits per heavy atom. The van der Waals surface area contributed by atoms with Crippen LogP contribution in [0.1, 0.15) is 20.7 Å². The molecule has 0 bridgehead atoms. The molecule has 1 radical (unpaired) electrons. The Morgan fingerprint density at radius 2 is 1.54 bits per heavy atom. The molecule has 65 valence electrons. The largest absolute Gasteiger partial charge is 0.369 e. The summed E-state index contributed by atoms with van der Waals surface area (Å²) in [6.45, 7) is 0.491. The molecular formula is C9H6NO3. The van der Waals surface area contributed by atoms with Crippen molar-refractivity contribution in [3.63, 3.8) is 0 Å². The van der Waals surface area contributed by atoms with Gasteiger partial charge < -0.3 is 5.11 Å². The molecule has 0 aromatic heterocycles. The fourth-order valence-electron chi connectivity index (χ4n) is 1.31. The molecule has 4 heteroatoms. The summed E-state index contributed by atoms with van der Waals surface area (Å²) < 4.78 is 0. The van der Waals surface area contributed by atoms with Crippen molar-refractivity contribution >= 4 is 11.8 Å². The van der Waals surface area contributed by atoms with Crippen LogP contribution in [0.25, 0.3) is 0 Å². The highest BCUT2D eigenvalue weighted by Crippen LogP contribution is 2.22. The zero-order valence-electron chi connectivity index (χ0n) is 6.60. The van der Waals surface area contributed by atoms with Gasteiger partial charge in [-0.15, -0.1) is 0 Å². The van der Waals surface area contributed by atoms with E-state index in [2.05, 4.69) is 0 Å². The number of amides is 2. The van der Waals surface area contributed by atoms with Crippen LogP contribution < -0.4 is 0 Å². The van der Waals surface area contributed by atoms with Crippen molar-refractivity contribution in [1.29, 1.82) is 0 Å². The highest BCUT2D eigenvalue weighted by molar-refractivity contribution is 6.21. The lowest BCUT2D eigenvalue weighted by Crippen LogP contribution is -2.26. The minimum absolute atomic E-state index is 0.331. The lowest BCUT2D eigenvalue weighted by molar-refractivity contribution is 0.0614. The molecule has 2 rings (SSSR count). The normalized spacial score (nSPS) is 15.0. The van der Waals surface area contributed by atoms with Crippen LogP contribution in [-0.4, -0.2) is 21.8 Å². The van der Waals surface area contributed by atoms with Crippen molar-refractivity contribution in [2.24, 2.45) is 0 Å². The predicted octanol–water partition coefficient (Wildman–Crippen LogP) is 0.774. The average molecular weight is 176 g/mol. The summed E-state index contributed by atoms with van der Waals surface area (Å²) in [4.78, 5) is 23.4. The van der Waals surface area contributed by atoms with Gasteiger partial charge in [0.1, 0.15) is 0 Å². The van der Waals surface area contributed by atoms with Crippen molar-refractivity contribution in [3.8, 4) is 0 Å². The van der Waals surface area contributed by atoms with Crippen LogP contribution in [-0.2, 0) is 0 Å². The fraction of sp³-hybridized carbons (Fsp3) is 0. The van der Waals surface area contributed by atoms with Crippen LogP contribution in [0.4, 0.5) is 0 Å². The van der Waals surface area contributed by atoms with Gasteiger partial charge in [0.25, 0.3) is 11.8 Å². The summed E-state index contributed by atoms with van der Waals surface area (Å²) in [5, 5.41) is 8.64. The Bertz CT molecular complexity index is 351. The van der Waals surface area contributed by atoms with Crippen molar-refractivity contribution in [3.05, 3.63) is 42.1 Å². The van der Waals surface area contributed by atoms with Gasteiger partial charge in [-0.05, 0) is 12.1 Å². The van der Waals surface area contributed by atoms with Gasteiger partial charge in [-0.2, -0.15) is 0 Å². The first-order valence-electron chi connectivity index (χ1n) is 3.70. The zero-order valence-corrected chi connectivity index (χ0v) is 6.60. The molecule has 4 nitrogen and oxygen atoms in total. The van der Waals surface area contributed by atoms with E-state index in [4.69, 9.17) is 5.11 Å². The van der Waals surface area contributed by atoms with Crippen LogP contribution in [0.5, 0.6) is 0 Å². The third-order valence-electron chi connectivity index (χ3n) is 1.94. The van der Waals surface area contributed by atoms with E-state index in [1.165, 1.54) is 0 Å². The maximum Gasteiger partial charge on any atom is 0.263 e. The molecule has 1 aromatic rings. The molecule has 0 saturated heterocycles. The lowest BCUT2D eigenvalue weighted by Gasteiger charge is -2.06. The molecule has 1 heterocycles. The van der Waals surface area contributed by atoms with Gasteiger partial charge in [-0.1, -0.05) is 12.1 Å². The van der Waals surface area contributed by atoms with Gasteiger partial charge in [-0.25, -0.2) is 4.90 Å². The average Bonchev–Trinajstić information content (AvgIpc) is 2.41. The van der Waals surface area contributed by atoms with E-state index >= 15 is 0 Å². The molecule has 13 heavy (non-hydrogen) atoms. The molecule has 0 spiro atoms. The summed E-state index contributed by atoms with van der Waals surface area (Å²) in [5.74, 6) is -0.966. The molecule has 0 saturated carbocycles. The zero-order chi connectivity index (χ0) is 9.42. The third kappa shape index (κ3) is 0.957. The summed E-state index contributed by atoms with van der Waals surface area (Å²) >= 11 is 0. The second-order valence-corrected chi connectivity index (χ2v) is 2.64. The number of fused-ring (bicyclic) bond motifs is 1. The summed E-state index contributed by atoms with van der Waals surface area (Å²) in [6.07, 6.45) is 0. The van der Waals surface area contributed by atoms with Gasteiger partial charge in [0.2, 0.25) is 0 Å². The second-order valence-electron chi connectivity index (χ2n) is 2.64. The van der Waals surface area contributed by atoms with Crippen molar-refractivity contribution < 1.29 is 14.7 Å². The number of nitrogens with zero attached hydrogens (tertiary/aromatic N) is 1. The number of aliphatic hydroxyl groups is 1. The number of carbonyl (C=O) groups excluding carboxylic acids is 2. The quantitative estimate of drug-likeness (QED) is 0.643. The number of benzene rings is 1. The smallest absolute Gasteiger partial charge is 0.263 e. The second kappa shape index (κ2) is 2.67. The molecule has 1 aromatic carbocycles. The molecule has 0 fully saturated rings. The van der Waals surface area contributed by atoms with Crippen molar-refractivity contribution in [1.82, 2.24) is 4.90 Å². The van der Waals surface area contributed by atoms with E-state index in [0.717, 1.165) is 0 Å². The first-order chi connectivity index (χ1) is 6.25. The Morgan fingerprint density at radius 3 is 1.92 bits per heavy atom. The van der Waals surface area contributed by atoms with Crippen LogP contribution >= 0.6 is 0 Å². The van der Waals surface area contributed by atoms with E-state index in [-0.39, 0.29) is 0 Å². The number of imide groups is 1. The number of hydrogen-bond acceptors (Lipinski definition) is 3. The Hall–Kier alpha value is -1.68. The Labute approximate surface area is 74.4 Å². The minimum atomic E-state index is -0.483. The molecule has 1 aliphatic rings. The fourth-order valence-corrected chi connectivity index (χ4v) is 1.31. The maximum atomic E-state index is 11.4. The van der Waals surface area contributed by atoms with Crippen LogP contribution in [0.15, 0.2) is 24.3 Å². The summed E-state index contributed by atoms with van der Waals surface area (Å²) in [5.41, 5.74) is 0.663. The van der Waals surface area contributed by atoms with E-state index in [0.29, 0.717) is 22.8 Å². The predicted molar refractivity (Wildman–Crippen MR) is 43.2 cm³/mol. The van der Waals surface area contributed by atoms with Crippen LogP contribution in [0.2, 0.25) is 0 Å². The molecule has 1 aliphatic heterocycles. The van der Waals surface area contributed by atoms with Gasteiger partial charge in [-0.3, -0.25) is 9.59 Å². The lowest BCUT2D eigenvalue weighted by atomic mass is 10.1. The standard InChI is InChI=1S/C9H6NO3/c11-5-10-8(12)6-3-1-2-4-7(6)9(10)13/h1-5,11H. The van der Waals surface area contributed by atoms with Crippen molar-refractivity contribution in [2.75, 3.05) is 0 Å². The molecule has 1 N–H and O–H groups in total. The van der Waals surface area contributed by atoms with Gasteiger partial charge in [0, 0.05) is 0 Å². The third-order valence-corrected chi connectivity index (χ3v) is 1.94. The monoisotopic (exact) mass is 176 g/mol. The topological polar surface area (TPSA) is 57.6 Å². The molecule has 0 aliphatic carbocycles. The molecule has 0 unspecified atom stereocenters. The summed E-state index contributed by atoms with van der Waals surface area (Å²) in [6, 6.07) is 6.45. The SMILES string of the molecule is O=C1c2ccccc2C(=O)N1[CH]O.